The predicted molar refractivity (Wildman–Crippen MR) is 49.5 cm³/mol. The Balaban J connectivity index is 2.85. The van der Waals surface area contributed by atoms with Gasteiger partial charge in [-0.1, -0.05) is 12.1 Å². The highest BCUT2D eigenvalue weighted by atomic mass is 16.5. The highest BCUT2D eigenvalue weighted by molar-refractivity contribution is 5.36. The van der Waals surface area contributed by atoms with Gasteiger partial charge in [-0.05, 0) is 24.6 Å². The Bertz CT molecular complexity index is 312. The number of benzene rings is 1. The van der Waals surface area contributed by atoms with Crippen LogP contribution in [0.3, 0.4) is 0 Å². The molecule has 68 valence electrons. The average Bonchev–Trinajstić information content (AvgIpc) is 2.18. The van der Waals surface area contributed by atoms with Crippen LogP contribution < -0.4 is 4.74 Å². The van der Waals surface area contributed by atoms with Crippen molar-refractivity contribution in [3.8, 4) is 5.75 Å². The molecule has 0 N–H and O–H groups in total. The van der Waals surface area contributed by atoms with Crippen LogP contribution >= 0.6 is 0 Å². The minimum Gasteiger partial charge on any atom is -0.497 e. The van der Waals surface area contributed by atoms with Crippen LogP contribution in [0.4, 0.5) is 0 Å². The Morgan fingerprint density at radius 3 is 2.46 bits per heavy atom. The molecule has 0 fully saturated rings. The molecule has 1 aromatic rings. The number of carbonyl (C=O) groups excluding carboxylic acids is 1. The molecule has 0 spiro atoms. The summed E-state index contributed by atoms with van der Waals surface area (Å²) >= 11 is 0. The van der Waals surface area contributed by atoms with Crippen LogP contribution in [0.2, 0.25) is 0 Å². The molecule has 13 heavy (non-hydrogen) atoms. The van der Waals surface area contributed by atoms with Crippen molar-refractivity contribution in [2.24, 2.45) is 4.99 Å². The third-order valence-electron chi connectivity index (χ3n) is 1.84. The van der Waals surface area contributed by atoms with Crippen molar-refractivity contribution in [1.82, 2.24) is 0 Å². The molecule has 1 unspecified atom stereocenters. The first kappa shape index (κ1) is 9.49. The van der Waals surface area contributed by atoms with Crippen molar-refractivity contribution in [3.63, 3.8) is 0 Å². The minimum atomic E-state index is -0.136. The van der Waals surface area contributed by atoms with E-state index in [2.05, 4.69) is 4.99 Å². The zero-order valence-electron chi connectivity index (χ0n) is 7.65. The Labute approximate surface area is 77.1 Å². The van der Waals surface area contributed by atoms with E-state index in [-0.39, 0.29) is 6.04 Å². The number of rotatable bonds is 3. The van der Waals surface area contributed by atoms with E-state index in [1.54, 1.807) is 7.11 Å². The summed E-state index contributed by atoms with van der Waals surface area (Å²) < 4.78 is 5.00. The van der Waals surface area contributed by atoms with Gasteiger partial charge in [0.25, 0.3) is 0 Å². The summed E-state index contributed by atoms with van der Waals surface area (Å²) in [5, 5.41) is 0. The van der Waals surface area contributed by atoms with Crippen molar-refractivity contribution < 1.29 is 9.53 Å². The van der Waals surface area contributed by atoms with Crippen molar-refractivity contribution in [1.29, 1.82) is 0 Å². The molecule has 0 aliphatic carbocycles. The fraction of sp³-hybridized carbons (Fsp3) is 0.300. The maximum absolute atomic E-state index is 10.00. The lowest BCUT2D eigenvalue weighted by Gasteiger charge is -2.05. The van der Waals surface area contributed by atoms with Gasteiger partial charge in [-0.15, -0.1) is 0 Å². The molecule has 3 heteroatoms. The van der Waals surface area contributed by atoms with Gasteiger partial charge in [0.05, 0.1) is 13.2 Å². The highest BCUT2D eigenvalue weighted by Crippen LogP contribution is 2.19. The maximum atomic E-state index is 10.00. The molecule has 0 saturated heterocycles. The average molecular weight is 177 g/mol. The molecule has 0 aromatic heterocycles. The molecule has 0 aliphatic heterocycles. The number of hydrogen-bond acceptors (Lipinski definition) is 3. The van der Waals surface area contributed by atoms with Gasteiger partial charge in [0, 0.05) is 0 Å². The van der Waals surface area contributed by atoms with Crippen LogP contribution in [-0.4, -0.2) is 13.2 Å². The molecule has 0 aliphatic rings. The standard InChI is InChI=1S/C10H11NO2/c1-8(11-7-12)9-3-5-10(13-2)6-4-9/h3-6,8H,1-2H3. The van der Waals surface area contributed by atoms with Crippen molar-refractivity contribution in [3.05, 3.63) is 29.8 Å². The van der Waals surface area contributed by atoms with Crippen LogP contribution in [0.25, 0.3) is 0 Å². The summed E-state index contributed by atoms with van der Waals surface area (Å²) in [7, 11) is 1.61. The summed E-state index contributed by atoms with van der Waals surface area (Å²) in [5.74, 6) is 0.797. The largest absolute Gasteiger partial charge is 0.497 e. The quantitative estimate of drug-likeness (QED) is 0.523. The van der Waals surface area contributed by atoms with Gasteiger partial charge < -0.3 is 4.74 Å². The monoisotopic (exact) mass is 177 g/mol. The summed E-state index contributed by atoms with van der Waals surface area (Å²) in [6.07, 6.45) is 1.54. The Morgan fingerprint density at radius 2 is 2.00 bits per heavy atom. The molecule has 0 heterocycles. The molecule has 0 saturated carbocycles. The smallest absolute Gasteiger partial charge is 0.235 e. The summed E-state index contributed by atoms with van der Waals surface area (Å²) in [4.78, 5) is 13.6. The van der Waals surface area contributed by atoms with E-state index < -0.39 is 0 Å². The van der Waals surface area contributed by atoms with Gasteiger partial charge in [-0.25, -0.2) is 4.79 Å². The van der Waals surface area contributed by atoms with Gasteiger partial charge in [-0.2, -0.15) is 4.99 Å². The SMILES string of the molecule is COc1ccc(C(C)N=C=O)cc1. The molecule has 1 atom stereocenters. The van der Waals surface area contributed by atoms with E-state index in [4.69, 9.17) is 4.74 Å². The fourth-order valence-corrected chi connectivity index (χ4v) is 1.04. The third kappa shape index (κ3) is 2.42. The second kappa shape index (κ2) is 4.43. The van der Waals surface area contributed by atoms with Crippen LogP contribution in [0, 0.1) is 0 Å². The van der Waals surface area contributed by atoms with Crippen molar-refractivity contribution in [2.75, 3.05) is 7.11 Å². The molecular formula is C10H11NO2. The second-order valence-electron chi connectivity index (χ2n) is 2.67. The summed E-state index contributed by atoms with van der Waals surface area (Å²) in [5.41, 5.74) is 0.976. The lowest BCUT2D eigenvalue weighted by molar-refractivity contribution is 0.414. The van der Waals surface area contributed by atoms with Crippen molar-refractivity contribution >= 4 is 6.08 Å². The first-order valence-corrected chi connectivity index (χ1v) is 3.99. The molecular weight excluding hydrogens is 166 g/mol. The molecule has 1 aromatic carbocycles. The van der Waals surface area contributed by atoms with Gasteiger partial charge in [0.15, 0.2) is 0 Å². The molecule has 0 bridgehead atoms. The lowest BCUT2D eigenvalue weighted by Crippen LogP contribution is -1.89. The first-order valence-electron chi connectivity index (χ1n) is 3.99. The van der Waals surface area contributed by atoms with E-state index in [9.17, 15) is 4.79 Å². The normalized spacial score (nSPS) is 11.5. The Morgan fingerprint density at radius 1 is 1.38 bits per heavy atom. The van der Waals surface area contributed by atoms with E-state index in [0.29, 0.717) is 0 Å². The number of nitrogens with zero attached hydrogens (tertiary/aromatic N) is 1. The van der Waals surface area contributed by atoms with Crippen LogP contribution in [0.1, 0.15) is 18.5 Å². The number of isocyanates is 1. The molecule has 0 amide bonds. The van der Waals surface area contributed by atoms with Gasteiger partial charge in [0.2, 0.25) is 6.08 Å². The highest BCUT2D eigenvalue weighted by Gasteiger charge is 2.02. The maximum Gasteiger partial charge on any atom is 0.235 e. The van der Waals surface area contributed by atoms with E-state index in [1.807, 2.05) is 31.2 Å². The number of methoxy groups -OCH3 is 1. The van der Waals surface area contributed by atoms with Crippen LogP contribution in [-0.2, 0) is 4.79 Å². The van der Waals surface area contributed by atoms with Gasteiger partial charge in [0.1, 0.15) is 5.75 Å². The number of aliphatic imine (C=N–C) groups is 1. The topological polar surface area (TPSA) is 38.7 Å². The predicted octanol–water partition coefficient (Wildman–Crippen LogP) is 2.09. The molecule has 0 radical (unpaired) electrons. The second-order valence-corrected chi connectivity index (χ2v) is 2.67. The van der Waals surface area contributed by atoms with E-state index in [0.717, 1.165) is 11.3 Å². The van der Waals surface area contributed by atoms with E-state index >= 15 is 0 Å². The Hall–Kier alpha value is -1.60. The van der Waals surface area contributed by atoms with Gasteiger partial charge in [-0.3, -0.25) is 0 Å². The van der Waals surface area contributed by atoms with Gasteiger partial charge >= 0.3 is 0 Å². The first-order chi connectivity index (χ1) is 6.27. The Kier molecular flexibility index (Phi) is 3.23. The zero-order valence-corrected chi connectivity index (χ0v) is 7.65. The number of ether oxygens (including phenoxy) is 1. The zero-order chi connectivity index (χ0) is 9.68. The van der Waals surface area contributed by atoms with Crippen LogP contribution in [0.15, 0.2) is 29.3 Å². The van der Waals surface area contributed by atoms with E-state index in [1.165, 1.54) is 6.08 Å². The minimum absolute atomic E-state index is 0.136. The summed E-state index contributed by atoms with van der Waals surface area (Å²) in [6.45, 7) is 1.84. The molecule has 3 nitrogen and oxygen atoms in total. The fourth-order valence-electron chi connectivity index (χ4n) is 1.04. The van der Waals surface area contributed by atoms with Crippen LogP contribution in [0.5, 0.6) is 5.75 Å². The summed E-state index contributed by atoms with van der Waals surface area (Å²) in [6, 6.07) is 7.30. The number of hydrogen-bond donors (Lipinski definition) is 0. The van der Waals surface area contributed by atoms with Crippen molar-refractivity contribution in [2.45, 2.75) is 13.0 Å². The third-order valence-corrected chi connectivity index (χ3v) is 1.84. The molecule has 1 rings (SSSR count). The lowest BCUT2D eigenvalue weighted by atomic mass is 10.1.